The second kappa shape index (κ2) is 3.81. The first-order valence-electron chi connectivity index (χ1n) is 5.52. The number of methoxy groups -OCH3 is 1. The summed E-state index contributed by atoms with van der Waals surface area (Å²) in [7, 11) is 1.64. The Morgan fingerprint density at radius 1 is 1.44 bits per heavy atom. The van der Waals surface area contributed by atoms with Crippen molar-refractivity contribution in [3.8, 4) is 5.75 Å². The average Bonchev–Trinajstić information content (AvgIpc) is 2.26. The first kappa shape index (κ1) is 11.0. The molecule has 0 fully saturated rings. The maximum atomic E-state index is 11.9. The molecule has 0 radical (unpaired) electrons. The van der Waals surface area contributed by atoms with Crippen LogP contribution in [0.4, 0.5) is 0 Å². The van der Waals surface area contributed by atoms with Crippen LogP contribution in [0, 0.1) is 13.8 Å². The van der Waals surface area contributed by atoms with Crippen molar-refractivity contribution in [3.05, 3.63) is 28.3 Å². The zero-order valence-electron chi connectivity index (χ0n) is 10.2. The Kier molecular flexibility index (Phi) is 2.62. The Balaban J connectivity index is 2.73. The van der Waals surface area contributed by atoms with Gasteiger partial charge in [0.25, 0.3) is 5.91 Å². The van der Waals surface area contributed by atoms with Gasteiger partial charge >= 0.3 is 0 Å². The van der Waals surface area contributed by atoms with Gasteiger partial charge in [-0.2, -0.15) is 0 Å². The molecule has 1 unspecified atom stereocenters. The van der Waals surface area contributed by atoms with Gasteiger partial charge in [0.15, 0.2) is 0 Å². The number of aryl methyl sites for hydroxylation is 1. The predicted octanol–water partition coefficient (Wildman–Crippen LogP) is 2.16. The minimum atomic E-state index is 0.0209. The summed E-state index contributed by atoms with van der Waals surface area (Å²) in [6, 6.07) is 2.02. The van der Waals surface area contributed by atoms with E-state index in [1.54, 1.807) is 7.11 Å². The second-order valence-electron chi connectivity index (χ2n) is 4.42. The molecule has 0 aromatic heterocycles. The van der Waals surface area contributed by atoms with Crippen molar-refractivity contribution in [2.45, 2.75) is 26.7 Å². The van der Waals surface area contributed by atoms with E-state index in [1.165, 1.54) is 5.56 Å². The summed E-state index contributed by atoms with van der Waals surface area (Å²) in [5.41, 5.74) is 4.05. The van der Waals surface area contributed by atoms with Crippen LogP contribution in [0.15, 0.2) is 6.07 Å². The molecule has 0 spiro atoms. The molecule has 1 aliphatic heterocycles. The molecule has 1 aliphatic rings. The number of amides is 1. The summed E-state index contributed by atoms with van der Waals surface area (Å²) in [5.74, 6) is 1.19. The lowest BCUT2D eigenvalue weighted by Gasteiger charge is -2.27. The van der Waals surface area contributed by atoms with Crippen LogP contribution < -0.4 is 10.1 Å². The largest absolute Gasteiger partial charge is 0.496 e. The molecule has 3 nitrogen and oxygen atoms in total. The van der Waals surface area contributed by atoms with Crippen molar-refractivity contribution in [2.75, 3.05) is 13.7 Å². The van der Waals surface area contributed by atoms with E-state index in [2.05, 4.69) is 12.2 Å². The molecule has 1 aromatic carbocycles. The number of hydrogen-bond donors (Lipinski definition) is 1. The molecule has 2 rings (SSSR count). The molecule has 1 amide bonds. The van der Waals surface area contributed by atoms with Crippen molar-refractivity contribution >= 4 is 5.91 Å². The van der Waals surface area contributed by atoms with E-state index in [1.807, 2.05) is 19.9 Å². The minimum Gasteiger partial charge on any atom is -0.496 e. The Morgan fingerprint density at radius 2 is 2.12 bits per heavy atom. The van der Waals surface area contributed by atoms with E-state index in [0.29, 0.717) is 5.92 Å². The maximum absolute atomic E-state index is 11.9. The third kappa shape index (κ3) is 1.47. The fourth-order valence-corrected chi connectivity index (χ4v) is 2.48. The molecule has 1 atom stereocenters. The number of rotatable bonds is 1. The van der Waals surface area contributed by atoms with Gasteiger partial charge in [-0.15, -0.1) is 0 Å². The molecule has 1 heterocycles. The van der Waals surface area contributed by atoms with Crippen LogP contribution in [0.3, 0.4) is 0 Å². The molecular weight excluding hydrogens is 202 g/mol. The summed E-state index contributed by atoms with van der Waals surface area (Å²) >= 11 is 0. The van der Waals surface area contributed by atoms with Gasteiger partial charge in [-0.3, -0.25) is 4.79 Å². The third-order valence-electron chi connectivity index (χ3n) is 3.29. The van der Waals surface area contributed by atoms with Crippen LogP contribution in [0.2, 0.25) is 0 Å². The number of benzene rings is 1. The van der Waals surface area contributed by atoms with Gasteiger partial charge in [0.1, 0.15) is 5.75 Å². The Morgan fingerprint density at radius 3 is 2.75 bits per heavy atom. The van der Waals surface area contributed by atoms with E-state index in [9.17, 15) is 4.79 Å². The molecule has 1 aromatic rings. The standard InChI is InChI=1S/C13H17NO2/c1-7-5-10(16-4)9(3)12-11(7)8(2)6-14-13(12)15/h5,8H,6H2,1-4H3,(H,14,15). The normalized spacial score (nSPS) is 19.0. The van der Waals surface area contributed by atoms with Crippen molar-refractivity contribution in [3.63, 3.8) is 0 Å². The summed E-state index contributed by atoms with van der Waals surface area (Å²) in [6.45, 7) is 6.83. The highest BCUT2D eigenvalue weighted by molar-refractivity contribution is 5.99. The molecular formula is C13H17NO2. The van der Waals surface area contributed by atoms with Crippen LogP contribution in [0.1, 0.15) is 39.9 Å². The average molecular weight is 219 g/mol. The van der Waals surface area contributed by atoms with Crippen LogP contribution in [0.5, 0.6) is 5.75 Å². The lowest BCUT2D eigenvalue weighted by atomic mass is 9.85. The summed E-state index contributed by atoms with van der Waals surface area (Å²) < 4.78 is 5.30. The third-order valence-corrected chi connectivity index (χ3v) is 3.29. The Hall–Kier alpha value is -1.51. The zero-order valence-corrected chi connectivity index (χ0v) is 10.2. The SMILES string of the molecule is COc1cc(C)c2c(c1C)C(=O)NCC2C. The molecule has 0 saturated carbocycles. The topological polar surface area (TPSA) is 38.3 Å². The van der Waals surface area contributed by atoms with Crippen molar-refractivity contribution in [1.82, 2.24) is 5.32 Å². The van der Waals surface area contributed by atoms with Gasteiger partial charge in [0, 0.05) is 17.7 Å². The number of carbonyl (C=O) groups excluding carboxylic acids is 1. The molecule has 0 saturated heterocycles. The summed E-state index contributed by atoms with van der Waals surface area (Å²) in [4.78, 5) is 11.9. The van der Waals surface area contributed by atoms with E-state index in [0.717, 1.165) is 29.0 Å². The van der Waals surface area contributed by atoms with Gasteiger partial charge in [-0.05, 0) is 37.0 Å². The zero-order chi connectivity index (χ0) is 11.9. The number of carbonyl (C=O) groups is 1. The highest BCUT2D eigenvalue weighted by atomic mass is 16.5. The molecule has 3 heteroatoms. The van der Waals surface area contributed by atoms with E-state index >= 15 is 0 Å². The van der Waals surface area contributed by atoms with E-state index in [-0.39, 0.29) is 5.91 Å². The van der Waals surface area contributed by atoms with Gasteiger partial charge in [0.05, 0.1) is 7.11 Å². The monoisotopic (exact) mass is 219 g/mol. The molecule has 86 valence electrons. The van der Waals surface area contributed by atoms with Crippen molar-refractivity contribution in [1.29, 1.82) is 0 Å². The summed E-state index contributed by atoms with van der Waals surface area (Å²) in [6.07, 6.45) is 0. The van der Waals surface area contributed by atoms with E-state index < -0.39 is 0 Å². The van der Waals surface area contributed by atoms with E-state index in [4.69, 9.17) is 4.74 Å². The first-order chi connectivity index (χ1) is 7.56. The Bertz CT molecular complexity index is 452. The van der Waals surface area contributed by atoms with Crippen LogP contribution in [0.25, 0.3) is 0 Å². The fraction of sp³-hybridized carbons (Fsp3) is 0.462. The first-order valence-corrected chi connectivity index (χ1v) is 5.52. The highest BCUT2D eigenvalue weighted by Gasteiger charge is 2.27. The van der Waals surface area contributed by atoms with Crippen molar-refractivity contribution < 1.29 is 9.53 Å². The molecule has 1 N–H and O–H groups in total. The van der Waals surface area contributed by atoms with Gasteiger partial charge in [-0.25, -0.2) is 0 Å². The van der Waals surface area contributed by atoms with Crippen LogP contribution in [-0.4, -0.2) is 19.6 Å². The van der Waals surface area contributed by atoms with Crippen molar-refractivity contribution in [2.24, 2.45) is 0 Å². The lowest BCUT2D eigenvalue weighted by molar-refractivity contribution is 0.0940. The molecule has 0 aliphatic carbocycles. The smallest absolute Gasteiger partial charge is 0.252 e. The number of nitrogens with one attached hydrogen (secondary N) is 1. The predicted molar refractivity (Wildman–Crippen MR) is 63.2 cm³/mol. The van der Waals surface area contributed by atoms with Gasteiger partial charge in [0.2, 0.25) is 0 Å². The number of fused-ring (bicyclic) bond motifs is 1. The maximum Gasteiger partial charge on any atom is 0.252 e. The highest BCUT2D eigenvalue weighted by Crippen LogP contribution is 2.34. The Labute approximate surface area is 95.8 Å². The van der Waals surface area contributed by atoms with Gasteiger partial charge < -0.3 is 10.1 Å². The lowest BCUT2D eigenvalue weighted by Crippen LogP contribution is -2.35. The molecule has 16 heavy (non-hydrogen) atoms. The van der Waals surface area contributed by atoms with Gasteiger partial charge in [-0.1, -0.05) is 6.92 Å². The quantitative estimate of drug-likeness (QED) is 0.786. The number of hydrogen-bond acceptors (Lipinski definition) is 2. The number of ether oxygens (including phenoxy) is 1. The van der Waals surface area contributed by atoms with Crippen LogP contribution in [-0.2, 0) is 0 Å². The fourth-order valence-electron chi connectivity index (χ4n) is 2.48. The minimum absolute atomic E-state index is 0.0209. The second-order valence-corrected chi connectivity index (χ2v) is 4.42. The summed E-state index contributed by atoms with van der Waals surface area (Å²) in [5, 5.41) is 2.91. The molecule has 0 bridgehead atoms. The van der Waals surface area contributed by atoms with Crippen LogP contribution >= 0.6 is 0 Å².